The third kappa shape index (κ3) is 6.05. The molecule has 6 nitrogen and oxygen atoms in total. The molecule has 6 heteroatoms. The van der Waals surface area contributed by atoms with Gasteiger partial charge in [-0.25, -0.2) is 5.43 Å². The minimum absolute atomic E-state index is 0.566. The fraction of sp³-hybridized carbons (Fsp3) is 0.250. The molecule has 136 valence electrons. The number of rotatable bonds is 6. The zero-order valence-electron chi connectivity index (χ0n) is 15.2. The van der Waals surface area contributed by atoms with E-state index < -0.39 is 11.8 Å². The third-order valence-corrected chi connectivity index (χ3v) is 3.80. The number of methoxy groups -OCH3 is 1. The van der Waals surface area contributed by atoms with Crippen LogP contribution in [-0.2, 0) is 16.0 Å². The molecule has 2 rings (SSSR count). The summed E-state index contributed by atoms with van der Waals surface area (Å²) in [7, 11) is 1.63. The highest BCUT2D eigenvalue weighted by Gasteiger charge is 2.13. The molecule has 2 aromatic rings. The number of benzene rings is 2. The predicted molar refractivity (Wildman–Crippen MR) is 102 cm³/mol. The summed E-state index contributed by atoms with van der Waals surface area (Å²) in [6, 6.07) is 15.0. The van der Waals surface area contributed by atoms with Crippen molar-refractivity contribution in [2.75, 3.05) is 12.4 Å². The number of amides is 2. The van der Waals surface area contributed by atoms with Crippen LogP contribution < -0.4 is 15.5 Å². The molecule has 0 unspecified atom stereocenters. The molecule has 0 aliphatic carbocycles. The number of aryl methyl sites for hydroxylation is 2. The van der Waals surface area contributed by atoms with Crippen molar-refractivity contribution in [3.05, 3.63) is 59.7 Å². The lowest BCUT2D eigenvalue weighted by Crippen LogP contribution is -2.32. The Morgan fingerprint density at radius 2 is 1.65 bits per heavy atom. The molecule has 0 saturated carbocycles. The van der Waals surface area contributed by atoms with Crippen LogP contribution in [0.2, 0.25) is 0 Å². The quantitative estimate of drug-likeness (QED) is 0.476. The van der Waals surface area contributed by atoms with E-state index in [1.807, 2.05) is 50.2 Å². The smallest absolute Gasteiger partial charge is 0.329 e. The number of ether oxygens (including phenoxy) is 1. The van der Waals surface area contributed by atoms with Gasteiger partial charge in [0.05, 0.1) is 7.11 Å². The van der Waals surface area contributed by atoms with Crippen molar-refractivity contribution in [2.45, 2.75) is 26.7 Å². The number of carbonyl (C=O) groups is 2. The van der Waals surface area contributed by atoms with Gasteiger partial charge in [-0.05, 0) is 56.5 Å². The van der Waals surface area contributed by atoms with E-state index >= 15 is 0 Å². The van der Waals surface area contributed by atoms with E-state index in [1.54, 1.807) is 19.2 Å². The Balaban J connectivity index is 1.79. The molecule has 2 N–H and O–H groups in total. The van der Waals surface area contributed by atoms with Gasteiger partial charge >= 0.3 is 11.8 Å². The molecule has 2 aromatic carbocycles. The van der Waals surface area contributed by atoms with E-state index in [2.05, 4.69) is 15.8 Å². The molecule has 0 aliphatic heterocycles. The summed E-state index contributed by atoms with van der Waals surface area (Å²) < 4.78 is 5.12. The van der Waals surface area contributed by atoms with Crippen molar-refractivity contribution in [3.8, 4) is 5.75 Å². The lowest BCUT2D eigenvalue weighted by molar-refractivity contribution is -0.136. The van der Waals surface area contributed by atoms with Gasteiger partial charge in [0, 0.05) is 11.4 Å². The standard InChI is InChI=1S/C20H23N3O3/c1-14-4-10-17(11-5-14)21-19(24)20(25)23-22-15(2)6-7-16-8-12-18(26-3)13-9-16/h4-5,8-13H,6-7H2,1-3H3,(H,21,24)(H,23,25)/b22-15-. The fourth-order valence-corrected chi connectivity index (χ4v) is 2.20. The summed E-state index contributed by atoms with van der Waals surface area (Å²) in [4.78, 5) is 23.7. The number of hydrazone groups is 1. The maximum absolute atomic E-state index is 11.8. The van der Waals surface area contributed by atoms with E-state index in [4.69, 9.17) is 4.74 Å². The second kappa shape index (κ2) is 9.36. The van der Waals surface area contributed by atoms with Crippen molar-refractivity contribution >= 4 is 23.2 Å². The van der Waals surface area contributed by atoms with Gasteiger partial charge in [0.25, 0.3) is 0 Å². The molecule has 0 fully saturated rings. The van der Waals surface area contributed by atoms with Gasteiger partial charge < -0.3 is 10.1 Å². The van der Waals surface area contributed by atoms with Crippen LogP contribution in [0, 0.1) is 6.92 Å². The second-order valence-corrected chi connectivity index (χ2v) is 5.96. The Hall–Kier alpha value is -3.15. The van der Waals surface area contributed by atoms with E-state index in [0.29, 0.717) is 12.1 Å². The maximum atomic E-state index is 11.8. The molecule has 0 saturated heterocycles. The van der Waals surface area contributed by atoms with Gasteiger partial charge in [-0.15, -0.1) is 0 Å². The summed E-state index contributed by atoms with van der Waals surface area (Å²) in [6.45, 7) is 3.75. The molecular formula is C20H23N3O3. The van der Waals surface area contributed by atoms with Crippen LogP contribution in [-0.4, -0.2) is 24.6 Å². The van der Waals surface area contributed by atoms with Gasteiger partial charge in [-0.2, -0.15) is 5.10 Å². The highest BCUT2D eigenvalue weighted by Crippen LogP contribution is 2.12. The van der Waals surface area contributed by atoms with Crippen molar-refractivity contribution in [1.82, 2.24) is 5.43 Å². The zero-order valence-corrected chi connectivity index (χ0v) is 15.2. The number of nitrogens with zero attached hydrogens (tertiary/aromatic N) is 1. The first kappa shape index (κ1) is 19.2. The highest BCUT2D eigenvalue weighted by molar-refractivity contribution is 6.39. The molecule has 0 bridgehead atoms. The first-order chi connectivity index (χ1) is 12.5. The van der Waals surface area contributed by atoms with E-state index in [0.717, 1.165) is 29.0 Å². The van der Waals surface area contributed by atoms with Crippen molar-refractivity contribution in [1.29, 1.82) is 0 Å². The first-order valence-corrected chi connectivity index (χ1v) is 8.32. The van der Waals surface area contributed by atoms with Crippen LogP contribution in [0.1, 0.15) is 24.5 Å². The molecule has 0 aromatic heterocycles. The van der Waals surface area contributed by atoms with Gasteiger partial charge in [-0.3, -0.25) is 9.59 Å². The highest BCUT2D eigenvalue weighted by atomic mass is 16.5. The van der Waals surface area contributed by atoms with E-state index in [-0.39, 0.29) is 0 Å². The molecule has 0 radical (unpaired) electrons. The lowest BCUT2D eigenvalue weighted by atomic mass is 10.1. The fourth-order valence-electron chi connectivity index (χ4n) is 2.20. The molecule has 0 aliphatic rings. The predicted octanol–water partition coefficient (Wildman–Crippen LogP) is 3.07. The van der Waals surface area contributed by atoms with E-state index in [1.165, 1.54) is 0 Å². The number of hydrogen-bond acceptors (Lipinski definition) is 4. The number of nitrogens with one attached hydrogen (secondary N) is 2. The Morgan fingerprint density at radius 1 is 1.00 bits per heavy atom. The molecule has 0 spiro atoms. The van der Waals surface area contributed by atoms with Crippen molar-refractivity contribution < 1.29 is 14.3 Å². The Kier molecular flexibility index (Phi) is 6.91. The average Bonchev–Trinajstić information content (AvgIpc) is 2.66. The first-order valence-electron chi connectivity index (χ1n) is 8.32. The molecule has 26 heavy (non-hydrogen) atoms. The Labute approximate surface area is 153 Å². The number of carbonyl (C=O) groups excluding carboxylic acids is 2. The summed E-state index contributed by atoms with van der Waals surface area (Å²) in [5.41, 5.74) is 5.80. The summed E-state index contributed by atoms with van der Waals surface area (Å²) in [5, 5.41) is 6.51. The summed E-state index contributed by atoms with van der Waals surface area (Å²) in [6.07, 6.45) is 1.46. The van der Waals surface area contributed by atoms with Crippen LogP contribution in [0.4, 0.5) is 5.69 Å². The molecule has 0 heterocycles. The maximum Gasteiger partial charge on any atom is 0.329 e. The van der Waals surface area contributed by atoms with Crippen LogP contribution in [0.5, 0.6) is 5.75 Å². The molecular weight excluding hydrogens is 330 g/mol. The summed E-state index contributed by atoms with van der Waals surface area (Å²) in [5.74, 6) is -0.735. The van der Waals surface area contributed by atoms with Gasteiger partial charge in [-0.1, -0.05) is 29.8 Å². The average molecular weight is 353 g/mol. The second-order valence-electron chi connectivity index (χ2n) is 5.96. The monoisotopic (exact) mass is 353 g/mol. The minimum atomic E-state index is -0.797. The largest absolute Gasteiger partial charge is 0.497 e. The zero-order chi connectivity index (χ0) is 18.9. The number of anilines is 1. The number of hydrogen-bond donors (Lipinski definition) is 2. The summed E-state index contributed by atoms with van der Waals surface area (Å²) >= 11 is 0. The molecule has 0 atom stereocenters. The van der Waals surface area contributed by atoms with Gasteiger partial charge in [0.1, 0.15) is 5.75 Å². The van der Waals surface area contributed by atoms with Crippen LogP contribution in [0.25, 0.3) is 0 Å². The Morgan fingerprint density at radius 3 is 2.27 bits per heavy atom. The third-order valence-electron chi connectivity index (χ3n) is 3.80. The van der Waals surface area contributed by atoms with Crippen molar-refractivity contribution in [2.24, 2.45) is 5.10 Å². The lowest BCUT2D eigenvalue weighted by Gasteiger charge is -2.06. The minimum Gasteiger partial charge on any atom is -0.497 e. The van der Waals surface area contributed by atoms with Crippen LogP contribution in [0.15, 0.2) is 53.6 Å². The molecule has 2 amide bonds. The van der Waals surface area contributed by atoms with Crippen LogP contribution in [0.3, 0.4) is 0 Å². The van der Waals surface area contributed by atoms with E-state index in [9.17, 15) is 9.59 Å². The van der Waals surface area contributed by atoms with Crippen molar-refractivity contribution in [3.63, 3.8) is 0 Å². The van der Waals surface area contributed by atoms with Crippen LogP contribution >= 0.6 is 0 Å². The van der Waals surface area contributed by atoms with Gasteiger partial charge in [0.15, 0.2) is 0 Å². The Bertz CT molecular complexity index is 781. The normalized spacial score (nSPS) is 11.0. The SMILES string of the molecule is COc1ccc(CC/C(C)=N\NC(=O)C(=O)Nc2ccc(C)cc2)cc1. The van der Waals surface area contributed by atoms with Gasteiger partial charge in [0.2, 0.25) is 0 Å². The topological polar surface area (TPSA) is 79.8 Å².